The molecule has 1 aliphatic carbocycles. The fourth-order valence-corrected chi connectivity index (χ4v) is 2.98. The molecule has 2 fully saturated rings. The summed E-state index contributed by atoms with van der Waals surface area (Å²) >= 11 is 11.5. The zero-order valence-electron chi connectivity index (χ0n) is 11.7. The Morgan fingerprint density at radius 1 is 1.14 bits per heavy atom. The minimum Gasteiger partial charge on any atom is -0.360 e. The van der Waals surface area contributed by atoms with Crippen molar-refractivity contribution in [3.8, 4) is 0 Å². The van der Waals surface area contributed by atoms with Crippen LogP contribution >= 0.6 is 23.8 Å². The minimum atomic E-state index is 0.00122. The molecule has 0 radical (unpaired) electrons. The first-order valence-corrected chi connectivity index (χ1v) is 8.03. The number of carbonyl (C=O) groups is 1. The lowest BCUT2D eigenvalue weighted by Crippen LogP contribution is -2.53. The highest BCUT2D eigenvalue weighted by molar-refractivity contribution is 7.80. The smallest absolute Gasteiger partial charge is 0.255 e. The van der Waals surface area contributed by atoms with E-state index in [-0.39, 0.29) is 5.91 Å². The fraction of sp³-hybridized carbons (Fsp3) is 0.467. The molecule has 1 aliphatic heterocycles. The maximum Gasteiger partial charge on any atom is 0.255 e. The van der Waals surface area contributed by atoms with E-state index in [9.17, 15) is 4.79 Å². The second-order valence-corrected chi connectivity index (χ2v) is 6.28. The molecule has 0 bridgehead atoms. The highest BCUT2D eigenvalue weighted by Crippen LogP contribution is 2.20. The van der Waals surface area contributed by atoms with Gasteiger partial charge in [0.25, 0.3) is 5.91 Å². The maximum atomic E-state index is 12.5. The summed E-state index contributed by atoms with van der Waals surface area (Å²) in [7, 11) is 0. The highest BCUT2D eigenvalue weighted by Gasteiger charge is 2.27. The van der Waals surface area contributed by atoms with E-state index in [1.807, 2.05) is 17.0 Å². The number of nitrogens with one attached hydrogen (secondary N) is 1. The third-order valence-electron chi connectivity index (χ3n) is 3.86. The molecule has 21 heavy (non-hydrogen) atoms. The molecule has 1 amide bonds. The number of hydrogen-bond acceptors (Lipinski definition) is 2. The maximum absolute atomic E-state index is 12.5. The van der Waals surface area contributed by atoms with Gasteiger partial charge in [0.2, 0.25) is 0 Å². The second-order valence-electron chi connectivity index (χ2n) is 5.48. The van der Waals surface area contributed by atoms with Crippen LogP contribution in [0.3, 0.4) is 0 Å². The van der Waals surface area contributed by atoms with E-state index in [1.54, 1.807) is 12.1 Å². The molecule has 1 aromatic carbocycles. The number of nitrogens with zero attached hydrogens (tertiary/aromatic N) is 2. The molecule has 0 spiro atoms. The third kappa shape index (κ3) is 3.47. The Morgan fingerprint density at radius 2 is 1.76 bits per heavy atom. The number of thiocarbonyl (C=S) groups is 1. The summed E-state index contributed by atoms with van der Waals surface area (Å²) in [5, 5.41) is 4.67. The first-order chi connectivity index (χ1) is 10.1. The molecule has 1 N–H and O–H groups in total. The van der Waals surface area contributed by atoms with E-state index < -0.39 is 0 Å². The summed E-state index contributed by atoms with van der Waals surface area (Å²) in [6.45, 7) is 2.90. The zero-order chi connectivity index (χ0) is 14.8. The number of hydrogen-bond donors (Lipinski definition) is 1. The van der Waals surface area contributed by atoms with Gasteiger partial charge in [0.05, 0.1) is 10.6 Å². The number of carbonyl (C=O) groups excluding carboxylic acids is 1. The van der Waals surface area contributed by atoms with Gasteiger partial charge in [0, 0.05) is 32.2 Å². The molecule has 0 aromatic heterocycles. The lowest BCUT2D eigenvalue weighted by molar-refractivity contribution is 0.0691. The molecule has 1 saturated carbocycles. The van der Waals surface area contributed by atoms with E-state index in [0.717, 1.165) is 18.2 Å². The van der Waals surface area contributed by atoms with E-state index in [1.165, 1.54) is 12.8 Å². The van der Waals surface area contributed by atoms with Crippen LogP contribution in [-0.2, 0) is 0 Å². The Bertz CT molecular complexity index is 554. The van der Waals surface area contributed by atoms with Crippen LogP contribution in [-0.4, -0.2) is 53.0 Å². The van der Waals surface area contributed by atoms with Gasteiger partial charge in [-0.05, 0) is 37.2 Å². The lowest BCUT2D eigenvalue weighted by Gasteiger charge is -2.36. The van der Waals surface area contributed by atoms with Crippen molar-refractivity contribution in [3.05, 3.63) is 34.9 Å². The summed E-state index contributed by atoms with van der Waals surface area (Å²) in [6, 6.07) is 7.76. The Balaban J connectivity index is 1.56. The molecular formula is C15H18ClN3OS. The Hall–Kier alpha value is -1.33. The van der Waals surface area contributed by atoms with Gasteiger partial charge in [0.15, 0.2) is 5.11 Å². The van der Waals surface area contributed by atoms with Crippen molar-refractivity contribution in [1.29, 1.82) is 0 Å². The molecular weight excluding hydrogens is 306 g/mol. The SMILES string of the molecule is O=C(c1ccccc1Cl)N1CCN(C(=S)NC2CC2)CC1. The van der Waals surface area contributed by atoms with Gasteiger partial charge in [-0.3, -0.25) is 4.79 Å². The predicted molar refractivity (Wildman–Crippen MR) is 87.7 cm³/mol. The van der Waals surface area contributed by atoms with Crippen molar-refractivity contribution < 1.29 is 4.79 Å². The van der Waals surface area contributed by atoms with Crippen molar-refractivity contribution in [2.24, 2.45) is 0 Å². The van der Waals surface area contributed by atoms with Crippen LogP contribution in [0, 0.1) is 0 Å². The van der Waals surface area contributed by atoms with Gasteiger partial charge in [-0.25, -0.2) is 0 Å². The molecule has 4 nitrogen and oxygen atoms in total. The van der Waals surface area contributed by atoms with Gasteiger partial charge in [-0.15, -0.1) is 0 Å². The average Bonchev–Trinajstić information content (AvgIpc) is 3.31. The molecule has 0 atom stereocenters. The second kappa shape index (κ2) is 6.20. The Kier molecular flexibility index (Phi) is 4.31. The number of benzene rings is 1. The first-order valence-electron chi connectivity index (χ1n) is 7.24. The van der Waals surface area contributed by atoms with Gasteiger partial charge in [-0.1, -0.05) is 23.7 Å². The monoisotopic (exact) mass is 323 g/mol. The van der Waals surface area contributed by atoms with Crippen molar-refractivity contribution in [2.75, 3.05) is 26.2 Å². The summed E-state index contributed by atoms with van der Waals surface area (Å²) in [5.41, 5.74) is 0.575. The summed E-state index contributed by atoms with van der Waals surface area (Å²) in [6.07, 6.45) is 2.43. The van der Waals surface area contributed by atoms with Crippen molar-refractivity contribution >= 4 is 34.8 Å². The normalized spacial score (nSPS) is 18.5. The predicted octanol–water partition coefficient (Wildman–Crippen LogP) is 2.13. The number of piperazine rings is 1. The first kappa shape index (κ1) is 14.6. The molecule has 2 aliphatic rings. The quantitative estimate of drug-likeness (QED) is 0.846. The largest absolute Gasteiger partial charge is 0.360 e. The third-order valence-corrected chi connectivity index (χ3v) is 4.57. The van der Waals surface area contributed by atoms with E-state index in [0.29, 0.717) is 29.7 Å². The van der Waals surface area contributed by atoms with Crippen LogP contribution in [0.5, 0.6) is 0 Å². The van der Waals surface area contributed by atoms with Crippen LogP contribution in [0.2, 0.25) is 5.02 Å². The van der Waals surface area contributed by atoms with Crippen LogP contribution in [0.1, 0.15) is 23.2 Å². The Labute approximate surface area is 135 Å². The molecule has 0 unspecified atom stereocenters. The zero-order valence-corrected chi connectivity index (χ0v) is 13.3. The lowest BCUT2D eigenvalue weighted by atomic mass is 10.2. The van der Waals surface area contributed by atoms with E-state index >= 15 is 0 Å². The molecule has 1 saturated heterocycles. The molecule has 1 heterocycles. The number of rotatable bonds is 2. The van der Waals surface area contributed by atoms with Crippen LogP contribution < -0.4 is 5.32 Å². The van der Waals surface area contributed by atoms with Gasteiger partial charge in [0.1, 0.15) is 0 Å². The van der Waals surface area contributed by atoms with Crippen LogP contribution in [0.4, 0.5) is 0 Å². The van der Waals surface area contributed by atoms with Gasteiger partial charge >= 0.3 is 0 Å². The molecule has 6 heteroatoms. The average molecular weight is 324 g/mol. The number of amides is 1. The van der Waals surface area contributed by atoms with Crippen molar-refractivity contribution in [2.45, 2.75) is 18.9 Å². The minimum absolute atomic E-state index is 0.00122. The van der Waals surface area contributed by atoms with E-state index in [2.05, 4.69) is 10.2 Å². The van der Waals surface area contributed by atoms with E-state index in [4.69, 9.17) is 23.8 Å². The highest BCUT2D eigenvalue weighted by atomic mass is 35.5. The summed E-state index contributed by atoms with van der Waals surface area (Å²) in [4.78, 5) is 16.4. The van der Waals surface area contributed by atoms with Crippen LogP contribution in [0.25, 0.3) is 0 Å². The van der Waals surface area contributed by atoms with Gasteiger partial charge in [-0.2, -0.15) is 0 Å². The summed E-state index contributed by atoms with van der Waals surface area (Å²) in [5.74, 6) is 0.00122. The van der Waals surface area contributed by atoms with Gasteiger partial charge < -0.3 is 15.1 Å². The number of halogens is 1. The Morgan fingerprint density at radius 3 is 2.38 bits per heavy atom. The molecule has 1 aromatic rings. The topological polar surface area (TPSA) is 35.6 Å². The standard InChI is InChI=1S/C15H18ClN3OS/c16-13-4-2-1-3-12(13)14(20)18-7-9-19(10-8-18)15(21)17-11-5-6-11/h1-4,11H,5-10H2,(H,17,21). The fourth-order valence-electron chi connectivity index (χ4n) is 2.41. The summed E-state index contributed by atoms with van der Waals surface area (Å²) < 4.78 is 0. The molecule has 112 valence electrons. The van der Waals surface area contributed by atoms with Crippen molar-refractivity contribution in [1.82, 2.24) is 15.1 Å². The van der Waals surface area contributed by atoms with Crippen LogP contribution in [0.15, 0.2) is 24.3 Å². The van der Waals surface area contributed by atoms with Crippen molar-refractivity contribution in [3.63, 3.8) is 0 Å². The molecule has 3 rings (SSSR count).